The third-order valence-corrected chi connectivity index (χ3v) is 5.19. The maximum atomic E-state index is 12.8. The molecule has 0 spiro atoms. The highest BCUT2D eigenvalue weighted by atomic mass is 19.4. The van der Waals surface area contributed by atoms with Crippen LogP contribution in [-0.2, 0) is 0 Å². The second-order valence-electron chi connectivity index (χ2n) is 7.13. The summed E-state index contributed by atoms with van der Waals surface area (Å²) >= 11 is 0. The van der Waals surface area contributed by atoms with Gasteiger partial charge in [-0.3, -0.25) is 0 Å². The quantitative estimate of drug-likeness (QED) is 0.631. The Morgan fingerprint density at radius 2 is 1.40 bits per heavy atom. The summed E-state index contributed by atoms with van der Waals surface area (Å²) in [5.74, 6) is 1.20. The Morgan fingerprint density at radius 3 is 1.92 bits per heavy atom. The number of benzene rings is 1. The molecule has 140 valence electrons. The first-order valence-corrected chi connectivity index (χ1v) is 9.07. The molecule has 6 heteroatoms. The molecule has 0 unspecified atom stereocenters. The van der Waals surface area contributed by atoms with Crippen LogP contribution in [0.5, 0.6) is 17.2 Å². The molecule has 2 aliphatic carbocycles. The summed E-state index contributed by atoms with van der Waals surface area (Å²) in [6, 6.07) is 3.21. The van der Waals surface area contributed by atoms with Gasteiger partial charge in [-0.05, 0) is 56.6 Å². The van der Waals surface area contributed by atoms with E-state index in [9.17, 15) is 13.2 Å². The van der Waals surface area contributed by atoms with Gasteiger partial charge in [0.1, 0.15) is 5.75 Å². The molecular formula is C19H25F3O3. The van der Waals surface area contributed by atoms with Gasteiger partial charge in [-0.15, -0.1) is 13.2 Å². The van der Waals surface area contributed by atoms with Gasteiger partial charge in [-0.25, -0.2) is 0 Å². The van der Waals surface area contributed by atoms with Crippen LogP contribution in [0.2, 0.25) is 0 Å². The van der Waals surface area contributed by atoms with Crippen LogP contribution < -0.4 is 14.2 Å². The first-order valence-electron chi connectivity index (χ1n) is 9.07. The molecule has 0 amide bonds. The van der Waals surface area contributed by atoms with Crippen molar-refractivity contribution in [2.24, 2.45) is 11.8 Å². The monoisotopic (exact) mass is 358 g/mol. The summed E-state index contributed by atoms with van der Waals surface area (Å²) in [5, 5.41) is 0. The second kappa shape index (κ2) is 7.75. The Labute approximate surface area is 146 Å². The highest BCUT2D eigenvalue weighted by Crippen LogP contribution is 2.41. The van der Waals surface area contributed by atoms with Gasteiger partial charge in [0.15, 0.2) is 11.5 Å². The molecule has 0 N–H and O–H groups in total. The molecule has 0 bridgehead atoms. The first-order chi connectivity index (χ1) is 11.9. The molecule has 1 aromatic carbocycles. The summed E-state index contributed by atoms with van der Waals surface area (Å²) in [5.41, 5.74) is 0.334. The average Bonchev–Trinajstić information content (AvgIpc) is 3.00. The molecular weight excluding hydrogens is 333 g/mol. The summed E-state index contributed by atoms with van der Waals surface area (Å²) in [6.07, 6.45) is 3.13. The number of hydrogen-bond donors (Lipinski definition) is 0. The average molecular weight is 358 g/mol. The van der Waals surface area contributed by atoms with Crippen LogP contribution in [0.3, 0.4) is 0 Å². The molecule has 3 nitrogen and oxygen atoms in total. The largest absolute Gasteiger partial charge is 0.573 e. The number of hydrogen-bond acceptors (Lipinski definition) is 3. The van der Waals surface area contributed by atoms with Crippen LogP contribution in [0.1, 0.15) is 50.5 Å². The van der Waals surface area contributed by atoms with E-state index in [1.165, 1.54) is 12.5 Å². The van der Waals surface area contributed by atoms with Crippen molar-refractivity contribution in [1.29, 1.82) is 0 Å². The Balaban J connectivity index is 1.73. The van der Waals surface area contributed by atoms with Crippen molar-refractivity contribution in [2.75, 3.05) is 13.2 Å². The van der Waals surface area contributed by atoms with Gasteiger partial charge in [0, 0.05) is 5.56 Å². The standard InChI is InChI=1S/C19H25F3O3/c1-13-16(23-11-15-7-4-8-15)9-10-17(18(13)25-19(20,21)22)24-12-14-5-2-3-6-14/h9-10,14-15H,2-8,11-12H2,1H3. The van der Waals surface area contributed by atoms with E-state index in [0.29, 0.717) is 36.4 Å². The van der Waals surface area contributed by atoms with Gasteiger partial charge in [-0.2, -0.15) is 0 Å². The minimum Gasteiger partial charge on any atom is -0.493 e. The molecule has 0 radical (unpaired) electrons. The normalized spacial score (nSPS) is 18.9. The Kier molecular flexibility index (Phi) is 5.64. The number of alkyl halides is 3. The zero-order valence-electron chi connectivity index (χ0n) is 14.5. The Hall–Kier alpha value is -1.59. The zero-order valence-corrected chi connectivity index (χ0v) is 14.5. The van der Waals surface area contributed by atoms with Crippen LogP contribution in [0.15, 0.2) is 12.1 Å². The van der Waals surface area contributed by atoms with E-state index < -0.39 is 6.36 Å². The molecule has 3 rings (SSSR count). The van der Waals surface area contributed by atoms with Crippen molar-refractivity contribution in [1.82, 2.24) is 0 Å². The van der Waals surface area contributed by atoms with E-state index in [-0.39, 0.29) is 11.5 Å². The summed E-state index contributed by atoms with van der Waals surface area (Å²) in [6.45, 7) is 2.55. The lowest BCUT2D eigenvalue weighted by molar-refractivity contribution is -0.275. The maximum Gasteiger partial charge on any atom is 0.573 e. The van der Waals surface area contributed by atoms with Crippen molar-refractivity contribution in [2.45, 2.75) is 58.2 Å². The third kappa shape index (κ3) is 4.95. The molecule has 1 aromatic rings. The van der Waals surface area contributed by atoms with Crippen molar-refractivity contribution in [3.05, 3.63) is 17.7 Å². The topological polar surface area (TPSA) is 27.7 Å². The van der Waals surface area contributed by atoms with E-state index in [1.54, 1.807) is 13.0 Å². The van der Waals surface area contributed by atoms with Gasteiger partial charge in [0.05, 0.1) is 13.2 Å². The fraction of sp³-hybridized carbons (Fsp3) is 0.684. The second-order valence-corrected chi connectivity index (χ2v) is 7.13. The van der Waals surface area contributed by atoms with Gasteiger partial charge in [-0.1, -0.05) is 19.3 Å². The minimum atomic E-state index is -4.76. The van der Waals surface area contributed by atoms with Crippen molar-refractivity contribution >= 4 is 0 Å². The summed E-state index contributed by atoms with van der Waals surface area (Å²) in [7, 11) is 0. The van der Waals surface area contributed by atoms with Crippen LogP contribution in [0.25, 0.3) is 0 Å². The molecule has 0 heterocycles. The van der Waals surface area contributed by atoms with E-state index in [2.05, 4.69) is 4.74 Å². The fourth-order valence-corrected chi connectivity index (χ4v) is 3.41. The fourth-order valence-electron chi connectivity index (χ4n) is 3.41. The predicted octanol–water partition coefficient (Wildman–Crippen LogP) is 5.64. The van der Waals surface area contributed by atoms with Crippen LogP contribution in [0.4, 0.5) is 13.2 Å². The van der Waals surface area contributed by atoms with Crippen molar-refractivity contribution in [3.8, 4) is 17.2 Å². The number of rotatable bonds is 7. The molecule has 0 aliphatic heterocycles. The molecule has 0 atom stereocenters. The number of ether oxygens (including phenoxy) is 3. The molecule has 0 saturated heterocycles. The van der Waals surface area contributed by atoms with Gasteiger partial charge in [0.2, 0.25) is 0 Å². The van der Waals surface area contributed by atoms with E-state index in [0.717, 1.165) is 38.5 Å². The highest BCUT2D eigenvalue weighted by molar-refractivity contribution is 5.53. The summed E-state index contributed by atoms with van der Waals surface area (Å²) in [4.78, 5) is 0. The van der Waals surface area contributed by atoms with E-state index in [4.69, 9.17) is 9.47 Å². The lowest BCUT2D eigenvalue weighted by Crippen LogP contribution is -2.21. The molecule has 0 aromatic heterocycles. The molecule has 2 fully saturated rings. The smallest absolute Gasteiger partial charge is 0.493 e. The van der Waals surface area contributed by atoms with E-state index >= 15 is 0 Å². The van der Waals surface area contributed by atoms with Crippen molar-refractivity contribution < 1.29 is 27.4 Å². The Morgan fingerprint density at radius 1 is 0.880 bits per heavy atom. The highest BCUT2D eigenvalue weighted by Gasteiger charge is 2.34. The van der Waals surface area contributed by atoms with Gasteiger partial charge in [0.25, 0.3) is 0 Å². The minimum absolute atomic E-state index is 0.137. The lowest BCUT2D eigenvalue weighted by atomic mass is 9.86. The lowest BCUT2D eigenvalue weighted by Gasteiger charge is -2.26. The van der Waals surface area contributed by atoms with Crippen LogP contribution >= 0.6 is 0 Å². The summed E-state index contributed by atoms with van der Waals surface area (Å²) < 4.78 is 54.2. The van der Waals surface area contributed by atoms with Gasteiger partial charge < -0.3 is 14.2 Å². The Bertz CT molecular complexity index is 576. The predicted molar refractivity (Wildman–Crippen MR) is 88.2 cm³/mol. The van der Waals surface area contributed by atoms with Crippen molar-refractivity contribution in [3.63, 3.8) is 0 Å². The molecule has 25 heavy (non-hydrogen) atoms. The maximum absolute atomic E-state index is 12.8. The van der Waals surface area contributed by atoms with Crippen LogP contribution in [-0.4, -0.2) is 19.6 Å². The molecule has 2 aliphatic rings. The SMILES string of the molecule is Cc1c(OCC2CCC2)ccc(OCC2CCCC2)c1OC(F)(F)F. The zero-order chi connectivity index (χ0) is 17.9. The van der Waals surface area contributed by atoms with Crippen LogP contribution in [0, 0.1) is 18.8 Å². The van der Waals surface area contributed by atoms with Gasteiger partial charge >= 0.3 is 6.36 Å². The molecule has 2 saturated carbocycles. The first kappa shape index (κ1) is 18.2. The van der Waals surface area contributed by atoms with E-state index in [1.807, 2.05) is 0 Å². The number of halogens is 3. The third-order valence-electron chi connectivity index (χ3n) is 5.19.